The van der Waals surface area contributed by atoms with E-state index in [1.807, 2.05) is 0 Å². The van der Waals surface area contributed by atoms with Crippen molar-refractivity contribution in [2.75, 3.05) is 0 Å². The Morgan fingerprint density at radius 3 is 2.68 bits per heavy atom. The monoisotopic (exact) mass is 374 g/mol. The lowest BCUT2D eigenvalue weighted by Crippen LogP contribution is -2.61. The Morgan fingerprint density at radius 1 is 1.40 bits per heavy atom. The molecule has 1 aliphatic heterocycles. The van der Waals surface area contributed by atoms with Crippen LogP contribution in [-0.4, -0.2) is 33.6 Å². The van der Waals surface area contributed by atoms with Gasteiger partial charge in [0, 0.05) is 16.3 Å². The SMILES string of the molecule is Cc1ccc(C(=O)N2N=C3[C@H](C)CCC[C@@H]3[C@@]2(O)C(F)(F)F)cc1Cl. The zero-order chi connectivity index (χ0) is 18.6. The quantitative estimate of drug-likeness (QED) is 0.803. The highest BCUT2D eigenvalue weighted by atomic mass is 35.5. The number of rotatable bonds is 1. The summed E-state index contributed by atoms with van der Waals surface area (Å²) in [4.78, 5) is 12.7. The fourth-order valence-corrected chi connectivity index (χ4v) is 3.73. The Morgan fingerprint density at radius 2 is 2.08 bits per heavy atom. The first-order chi connectivity index (χ1) is 11.6. The molecule has 0 radical (unpaired) electrons. The summed E-state index contributed by atoms with van der Waals surface area (Å²) in [6, 6.07) is 4.22. The maximum Gasteiger partial charge on any atom is 0.439 e. The van der Waals surface area contributed by atoms with Crippen molar-refractivity contribution in [2.45, 2.75) is 45.0 Å². The van der Waals surface area contributed by atoms with Crippen LogP contribution >= 0.6 is 11.6 Å². The number of amides is 1. The van der Waals surface area contributed by atoms with Gasteiger partial charge in [-0.2, -0.15) is 23.3 Å². The van der Waals surface area contributed by atoms with E-state index in [-0.39, 0.29) is 33.6 Å². The first kappa shape index (κ1) is 18.2. The van der Waals surface area contributed by atoms with Crippen LogP contribution in [0.5, 0.6) is 0 Å². The van der Waals surface area contributed by atoms with Crippen LogP contribution in [0.2, 0.25) is 5.02 Å². The lowest BCUT2D eigenvalue weighted by Gasteiger charge is -2.39. The van der Waals surface area contributed by atoms with Crippen molar-refractivity contribution in [1.29, 1.82) is 0 Å². The van der Waals surface area contributed by atoms with Crippen molar-refractivity contribution in [3.8, 4) is 0 Å². The second-order valence-corrected chi connectivity index (χ2v) is 7.12. The Balaban J connectivity index is 2.08. The van der Waals surface area contributed by atoms with Gasteiger partial charge < -0.3 is 5.11 Å². The average molecular weight is 375 g/mol. The topological polar surface area (TPSA) is 52.9 Å². The zero-order valence-electron chi connectivity index (χ0n) is 13.8. The molecule has 1 fully saturated rings. The maximum atomic E-state index is 13.8. The van der Waals surface area contributed by atoms with Crippen molar-refractivity contribution in [2.24, 2.45) is 16.9 Å². The fourth-order valence-electron chi connectivity index (χ4n) is 3.55. The number of hydrazone groups is 1. The standard InChI is InChI=1S/C17H18ClF3N2O2/c1-9-6-7-11(8-13(9)18)15(24)23-16(25,17(19,20)21)12-5-3-4-10(2)14(12)22-23/h6-8,10,12,25H,3-5H2,1-2H3/t10-,12+,16-/m1/s1. The maximum absolute atomic E-state index is 13.8. The van der Waals surface area contributed by atoms with E-state index < -0.39 is 23.7 Å². The molecule has 3 atom stereocenters. The molecule has 0 saturated heterocycles. The molecule has 4 nitrogen and oxygen atoms in total. The largest absolute Gasteiger partial charge is 0.439 e. The first-order valence-electron chi connectivity index (χ1n) is 8.05. The number of hydrogen-bond donors (Lipinski definition) is 1. The second kappa shape index (κ2) is 5.99. The summed E-state index contributed by atoms with van der Waals surface area (Å²) >= 11 is 5.98. The molecule has 2 aliphatic rings. The molecule has 0 bridgehead atoms. The molecule has 1 N–H and O–H groups in total. The summed E-state index contributed by atoms with van der Waals surface area (Å²) in [6.07, 6.45) is -3.66. The normalized spacial score (nSPS) is 29.4. The lowest BCUT2D eigenvalue weighted by atomic mass is 9.75. The molecule has 1 aliphatic carbocycles. The van der Waals surface area contributed by atoms with E-state index in [2.05, 4.69) is 5.10 Å². The van der Waals surface area contributed by atoms with Gasteiger partial charge in [0.15, 0.2) is 0 Å². The first-order valence-corrected chi connectivity index (χ1v) is 8.43. The molecule has 8 heteroatoms. The van der Waals surface area contributed by atoms with Gasteiger partial charge in [-0.05, 0) is 43.4 Å². The molecule has 0 unspecified atom stereocenters. The summed E-state index contributed by atoms with van der Waals surface area (Å²) in [5, 5.41) is 15.0. The van der Waals surface area contributed by atoms with Gasteiger partial charge in [-0.3, -0.25) is 4.79 Å². The molecule has 1 aromatic carbocycles. The summed E-state index contributed by atoms with van der Waals surface area (Å²) in [6.45, 7) is 3.48. The van der Waals surface area contributed by atoms with E-state index in [1.54, 1.807) is 19.9 Å². The summed E-state index contributed by atoms with van der Waals surface area (Å²) in [5.74, 6) is -2.47. The van der Waals surface area contributed by atoms with Gasteiger partial charge in [0.2, 0.25) is 0 Å². The van der Waals surface area contributed by atoms with Crippen LogP contribution in [0.15, 0.2) is 23.3 Å². The predicted molar refractivity (Wildman–Crippen MR) is 87.3 cm³/mol. The highest BCUT2D eigenvalue weighted by Crippen LogP contribution is 2.49. The van der Waals surface area contributed by atoms with Crippen molar-refractivity contribution in [3.63, 3.8) is 0 Å². The number of hydrogen-bond acceptors (Lipinski definition) is 3. The minimum absolute atomic E-state index is 0.0473. The molecule has 3 rings (SSSR count). The van der Waals surface area contributed by atoms with Gasteiger partial charge in [-0.15, -0.1) is 0 Å². The Labute approximate surface area is 148 Å². The summed E-state index contributed by atoms with van der Waals surface area (Å²) in [5.41, 5.74) is -2.45. The number of aryl methyl sites for hydroxylation is 1. The van der Waals surface area contributed by atoms with E-state index in [4.69, 9.17) is 11.6 Å². The molecule has 1 saturated carbocycles. The molecule has 1 amide bonds. The number of carbonyl (C=O) groups excluding carboxylic acids is 1. The molecule has 136 valence electrons. The Bertz CT molecular complexity index is 750. The van der Waals surface area contributed by atoms with Gasteiger partial charge >= 0.3 is 6.18 Å². The van der Waals surface area contributed by atoms with Gasteiger partial charge in [-0.25, -0.2) is 0 Å². The van der Waals surface area contributed by atoms with Crippen LogP contribution in [0.1, 0.15) is 42.1 Å². The zero-order valence-corrected chi connectivity index (χ0v) is 14.5. The van der Waals surface area contributed by atoms with Crippen LogP contribution in [0.3, 0.4) is 0 Å². The third kappa shape index (κ3) is 2.73. The number of fused-ring (bicyclic) bond motifs is 1. The van der Waals surface area contributed by atoms with Gasteiger partial charge in [-0.1, -0.05) is 31.0 Å². The van der Waals surface area contributed by atoms with Crippen LogP contribution in [0, 0.1) is 18.8 Å². The molecule has 1 heterocycles. The molecule has 0 spiro atoms. The lowest BCUT2D eigenvalue weighted by molar-refractivity contribution is -0.312. The Hall–Kier alpha value is -1.60. The Kier molecular flexibility index (Phi) is 4.36. The van der Waals surface area contributed by atoms with Crippen molar-refractivity contribution >= 4 is 23.2 Å². The smallest absolute Gasteiger partial charge is 0.362 e. The van der Waals surface area contributed by atoms with Crippen LogP contribution in [-0.2, 0) is 0 Å². The highest BCUT2D eigenvalue weighted by molar-refractivity contribution is 6.31. The van der Waals surface area contributed by atoms with E-state index in [1.165, 1.54) is 12.1 Å². The number of alkyl halides is 3. The second-order valence-electron chi connectivity index (χ2n) is 6.71. The van der Waals surface area contributed by atoms with Gasteiger partial charge in [0.25, 0.3) is 11.6 Å². The number of aliphatic hydroxyl groups is 1. The van der Waals surface area contributed by atoms with E-state index in [0.717, 1.165) is 0 Å². The van der Waals surface area contributed by atoms with Crippen LogP contribution in [0.25, 0.3) is 0 Å². The predicted octanol–water partition coefficient (Wildman–Crippen LogP) is 4.15. The molecular formula is C17H18ClF3N2O2. The number of halogens is 4. The number of carbonyl (C=O) groups is 1. The fraction of sp³-hybridized carbons (Fsp3) is 0.529. The third-order valence-electron chi connectivity index (χ3n) is 5.04. The van der Waals surface area contributed by atoms with Gasteiger partial charge in [0.05, 0.1) is 5.92 Å². The highest BCUT2D eigenvalue weighted by Gasteiger charge is 2.69. The third-order valence-corrected chi connectivity index (χ3v) is 5.45. The molecule has 0 aromatic heterocycles. The minimum atomic E-state index is -5.02. The summed E-state index contributed by atoms with van der Waals surface area (Å²) in [7, 11) is 0. The van der Waals surface area contributed by atoms with Crippen LogP contribution < -0.4 is 0 Å². The van der Waals surface area contributed by atoms with Crippen LogP contribution in [0.4, 0.5) is 13.2 Å². The van der Waals surface area contributed by atoms with Crippen molar-refractivity contribution in [3.05, 3.63) is 34.3 Å². The average Bonchev–Trinajstić information content (AvgIpc) is 2.85. The van der Waals surface area contributed by atoms with E-state index in [0.29, 0.717) is 18.4 Å². The molecule has 1 aromatic rings. The van der Waals surface area contributed by atoms with E-state index in [9.17, 15) is 23.1 Å². The molecular weight excluding hydrogens is 357 g/mol. The minimum Gasteiger partial charge on any atom is -0.362 e. The van der Waals surface area contributed by atoms with Crippen molar-refractivity contribution in [1.82, 2.24) is 5.01 Å². The number of benzene rings is 1. The van der Waals surface area contributed by atoms with Crippen molar-refractivity contribution < 1.29 is 23.1 Å². The summed E-state index contributed by atoms with van der Waals surface area (Å²) < 4.78 is 41.3. The number of nitrogens with zero attached hydrogens (tertiary/aromatic N) is 2. The van der Waals surface area contributed by atoms with Gasteiger partial charge in [0.1, 0.15) is 0 Å². The molecule has 25 heavy (non-hydrogen) atoms. The van der Waals surface area contributed by atoms with E-state index >= 15 is 0 Å².